The Hall–Kier alpha value is -2.94. The summed E-state index contributed by atoms with van der Waals surface area (Å²) in [5.74, 6) is 0.139. The third kappa shape index (κ3) is 5.57. The van der Waals surface area contributed by atoms with Crippen molar-refractivity contribution >= 4 is 39.4 Å². The Labute approximate surface area is 151 Å². The molecule has 0 saturated carbocycles. The zero-order valence-electron chi connectivity index (χ0n) is 13.1. The number of carbonyl (C=O) groups excluding carboxylic acids is 1. The minimum absolute atomic E-state index is 0.115. The number of nitro benzene ring substituents is 1. The topological polar surface area (TPSA) is 103 Å². The van der Waals surface area contributed by atoms with Crippen LogP contribution in [-0.4, -0.2) is 24.2 Å². The van der Waals surface area contributed by atoms with Crippen molar-refractivity contribution in [1.82, 2.24) is 0 Å². The SMILES string of the molecule is COc1ccc(CO/N=C\C(=O)Nc2cccc([N+](=O)[O-])c2)cc1Br. The van der Waals surface area contributed by atoms with E-state index in [2.05, 4.69) is 26.4 Å². The Morgan fingerprint density at radius 3 is 2.84 bits per heavy atom. The van der Waals surface area contributed by atoms with Gasteiger partial charge in [0.1, 0.15) is 18.6 Å². The van der Waals surface area contributed by atoms with Crippen molar-refractivity contribution in [3.8, 4) is 5.75 Å². The lowest BCUT2D eigenvalue weighted by molar-refractivity contribution is -0.384. The van der Waals surface area contributed by atoms with E-state index in [1.807, 2.05) is 12.1 Å². The molecule has 1 N–H and O–H groups in total. The fraction of sp³-hybridized carbons (Fsp3) is 0.125. The molecule has 0 aliphatic rings. The maximum atomic E-state index is 11.7. The highest BCUT2D eigenvalue weighted by molar-refractivity contribution is 9.10. The highest BCUT2D eigenvalue weighted by atomic mass is 79.9. The minimum atomic E-state index is -0.559. The van der Waals surface area contributed by atoms with E-state index in [4.69, 9.17) is 9.57 Å². The molecular weight excluding hydrogens is 394 g/mol. The molecule has 2 aromatic carbocycles. The van der Waals surface area contributed by atoms with E-state index in [0.717, 1.165) is 16.3 Å². The lowest BCUT2D eigenvalue weighted by Crippen LogP contribution is -2.12. The molecule has 0 bridgehead atoms. The van der Waals surface area contributed by atoms with Crippen molar-refractivity contribution in [2.45, 2.75) is 6.61 Å². The van der Waals surface area contributed by atoms with E-state index >= 15 is 0 Å². The van der Waals surface area contributed by atoms with Crippen molar-refractivity contribution in [2.24, 2.45) is 5.16 Å². The largest absolute Gasteiger partial charge is 0.496 e. The number of benzene rings is 2. The van der Waals surface area contributed by atoms with E-state index in [-0.39, 0.29) is 12.3 Å². The standard InChI is InChI=1S/C16H14BrN3O5/c1-24-15-6-5-11(7-14(15)17)10-25-18-9-16(21)19-12-3-2-4-13(8-12)20(22)23/h2-9H,10H2,1H3,(H,19,21)/b18-9-. The molecular formula is C16H14BrN3O5. The molecule has 2 rings (SSSR count). The molecule has 0 radical (unpaired) electrons. The number of nitrogens with one attached hydrogen (secondary N) is 1. The van der Waals surface area contributed by atoms with Crippen molar-refractivity contribution in [1.29, 1.82) is 0 Å². The maximum Gasteiger partial charge on any atom is 0.271 e. The number of hydrogen-bond acceptors (Lipinski definition) is 6. The van der Waals surface area contributed by atoms with Crippen LogP contribution >= 0.6 is 15.9 Å². The Kier molecular flexibility index (Phi) is 6.47. The Morgan fingerprint density at radius 2 is 2.16 bits per heavy atom. The number of hydrogen-bond donors (Lipinski definition) is 1. The number of nitro groups is 1. The first-order valence-electron chi connectivity index (χ1n) is 7.03. The predicted octanol–water partition coefficient (Wildman–Crippen LogP) is 3.51. The van der Waals surface area contributed by atoms with Gasteiger partial charge < -0.3 is 14.9 Å². The third-order valence-corrected chi connectivity index (χ3v) is 3.64. The molecule has 0 aliphatic carbocycles. The second-order valence-corrected chi connectivity index (χ2v) is 5.63. The summed E-state index contributed by atoms with van der Waals surface area (Å²) in [7, 11) is 1.57. The van der Waals surface area contributed by atoms with Crippen LogP contribution in [0.5, 0.6) is 5.75 Å². The molecule has 25 heavy (non-hydrogen) atoms. The van der Waals surface area contributed by atoms with Crippen LogP contribution in [-0.2, 0) is 16.2 Å². The average Bonchev–Trinajstić information content (AvgIpc) is 2.59. The molecule has 0 aromatic heterocycles. The number of non-ortho nitro benzene ring substituents is 1. The second kappa shape index (κ2) is 8.78. The van der Waals surface area contributed by atoms with Crippen LogP contribution in [0.2, 0.25) is 0 Å². The fourth-order valence-corrected chi connectivity index (χ4v) is 2.46. The van der Waals surface area contributed by atoms with E-state index in [0.29, 0.717) is 11.4 Å². The Morgan fingerprint density at radius 1 is 1.36 bits per heavy atom. The minimum Gasteiger partial charge on any atom is -0.496 e. The van der Waals surface area contributed by atoms with Crippen LogP contribution in [0.4, 0.5) is 11.4 Å². The number of anilines is 1. The van der Waals surface area contributed by atoms with Gasteiger partial charge in [-0.05, 0) is 39.7 Å². The quantitative estimate of drug-likeness (QED) is 0.429. The van der Waals surface area contributed by atoms with Crippen LogP contribution in [0.25, 0.3) is 0 Å². The van der Waals surface area contributed by atoms with Gasteiger partial charge in [-0.2, -0.15) is 0 Å². The fourth-order valence-electron chi connectivity index (χ4n) is 1.87. The van der Waals surface area contributed by atoms with Gasteiger partial charge in [-0.15, -0.1) is 0 Å². The summed E-state index contributed by atoms with van der Waals surface area (Å²) >= 11 is 3.36. The summed E-state index contributed by atoms with van der Waals surface area (Å²) in [5, 5.41) is 16.7. The average molecular weight is 408 g/mol. The molecule has 8 nitrogen and oxygen atoms in total. The highest BCUT2D eigenvalue weighted by Gasteiger charge is 2.07. The smallest absolute Gasteiger partial charge is 0.271 e. The number of nitrogens with zero attached hydrogens (tertiary/aromatic N) is 2. The van der Waals surface area contributed by atoms with Gasteiger partial charge in [0.25, 0.3) is 11.6 Å². The Bertz CT molecular complexity index is 810. The molecule has 1 amide bonds. The molecule has 0 atom stereocenters. The van der Waals surface area contributed by atoms with Gasteiger partial charge in [-0.25, -0.2) is 0 Å². The number of methoxy groups -OCH3 is 1. The molecule has 0 fully saturated rings. The van der Waals surface area contributed by atoms with E-state index < -0.39 is 10.8 Å². The van der Waals surface area contributed by atoms with Crippen LogP contribution < -0.4 is 10.1 Å². The molecule has 0 spiro atoms. The van der Waals surface area contributed by atoms with E-state index in [1.165, 1.54) is 24.3 Å². The van der Waals surface area contributed by atoms with Crippen molar-refractivity contribution in [2.75, 3.05) is 12.4 Å². The second-order valence-electron chi connectivity index (χ2n) is 4.77. The van der Waals surface area contributed by atoms with Gasteiger partial charge in [-0.1, -0.05) is 17.3 Å². The summed E-state index contributed by atoms with van der Waals surface area (Å²) in [5.41, 5.74) is 1.02. The van der Waals surface area contributed by atoms with Gasteiger partial charge >= 0.3 is 0 Å². The summed E-state index contributed by atoms with van der Waals surface area (Å²) in [4.78, 5) is 26.9. The normalized spacial score (nSPS) is 10.5. The number of oxime groups is 1. The molecule has 9 heteroatoms. The number of ether oxygens (including phenoxy) is 1. The molecule has 0 heterocycles. The Balaban J connectivity index is 1.85. The first kappa shape index (κ1) is 18.4. The van der Waals surface area contributed by atoms with Gasteiger partial charge in [-0.3, -0.25) is 14.9 Å². The number of amides is 1. The zero-order chi connectivity index (χ0) is 18.2. The van der Waals surface area contributed by atoms with E-state index in [9.17, 15) is 14.9 Å². The van der Waals surface area contributed by atoms with E-state index in [1.54, 1.807) is 13.2 Å². The first-order valence-corrected chi connectivity index (χ1v) is 7.82. The van der Waals surface area contributed by atoms with Crippen molar-refractivity contribution < 1.29 is 19.3 Å². The van der Waals surface area contributed by atoms with Crippen molar-refractivity contribution in [3.63, 3.8) is 0 Å². The van der Waals surface area contributed by atoms with Gasteiger partial charge in [0.05, 0.1) is 16.5 Å². The lowest BCUT2D eigenvalue weighted by atomic mass is 10.2. The highest BCUT2D eigenvalue weighted by Crippen LogP contribution is 2.25. The molecule has 0 saturated heterocycles. The number of halogens is 1. The monoisotopic (exact) mass is 407 g/mol. The van der Waals surface area contributed by atoms with Gasteiger partial charge in [0, 0.05) is 17.8 Å². The molecule has 0 unspecified atom stereocenters. The molecule has 2 aromatic rings. The van der Waals surface area contributed by atoms with Gasteiger partial charge in [0.15, 0.2) is 0 Å². The summed E-state index contributed by atoms with van der Waals surface area (Å²) in [6.45, 7) is 0.170. The van der Waals surface area contributed by atoms with Crippen LogP contribution in [0, 0.1) is 10.1 Å². The van der Waals surface area contributed by atoms with Gasteiger partial charge in [0.2, 0.25) is 0 Å². The third-order valence-electron chi connectivity index (χ3n) is 3.02. The summed E-state index contributed by atoms with van der Waals surface area (Å²) in [6.07, 6.45) is 0.956. The van der Waals surface area contributed by atoms with Crippen molar-refractivity contribution in [3.05, 3.63) is 62.6 Å². The molecule has 0 aliphatic heterocycles. The maximum absolute atomic E-state index is 11.7. The number of rotatable bonds is 7. The zero-order valence-corrected chi connectivity index (χ0v) is 14.7. The first-order chi connectivity index (χ1) is 12.0. The van der Waals surface area contributed by atoms with Crippen LogP contribution in [0.3, 0.4) is 0 Å². The summed E-state index contributed by atoms with van der Waals surface area (Å²) in [6, 6.07) is 11.0. The number of carbonyl (C=O) groups is 1. The predicted molar refractivity (Wildman–Crippen MR) is 95.7 cm³/mol. The van der Waals surface area contributed by atoms with Crippen LogP contribution in [0.1, 0.15) is 5.56 Å². The lowest BCUT2D eigenvalue weighted by Gasteiger charge is -2.05. The summed E-state index contributed by atoms with van der Waals surface area (Å²) < 4.78 is 5.91. The van der Waals surface area contributed by atoms with Crippen LogP contribution in [0.15, 0.2) is 52.1 Å². The molecule has 130 valence electrons.